The van der Waals surface area contributed by atoms with Crippen molar-refractivity contribution >= 4 is 16.6 Å². The Labute approximate surface area is 114 Å². The first-order valence-corrected chi connectivity index (χ1v) is 7.11. The maximum atomic E-state index is 12.7. The van der Waals surface area contributed by atoms with Crippen LogP contribution in [0.1, 0.15) is 43.5 Å². The van der Waals surface area contributed by atoms with E-state index in [4.69, 9.17) is 0 Å². The standard InChI is InChI=1S/C18H20O/c1-18(2)11-5-8-16(18)17(19)15-10-9-13-6-3-4-7-14(13)12-15/h3-4,6-7,9-10,12,16H,5,8,11H2,1-2H3. The van der Waals surface area contributed by atoms with E-state index < -0.39 is 0 Å². The number of ketones is 1. The van der Waals surface area contributed by atoms with Gasteiger partial charge in [0.25, 0.3) is 0 Å². The maximum Gasteiger partial charge on any atom is 0.166 e. The van der Waals surface area contributed by atoms with Crippen LogP contribution < -0.4 is 0 Å². The minimum Gasteiger partial charge on any atom is -0.294 e. The van der Waals surface area contributed by atoms with E-state index in [-0.39, 0.29) is 11.3 Å². The van der Waals surface area contributed by atoms with Crippen LogP contribution in [0.15, 0.2) is 42.5 Å². The number of benzene rings is 2. The Morgan fingerprint density at radius 1 is 1.11 bits per heavy atom. The topological polar surface area (TPSA) is 17.1 Å². The first-order valence-electron chi connectivity index (χ1n) is 7.11. The van der Waals surface area contributed by atoms with Crippen molar-refractivity contribution in [3.8, 4) is 0 Å². The molecule has 98 valence electrons. The summed E-state index contributed by atoms with van der Waals surface area (Å²) in [7, 11) is 0. The lowest BCUT2D eigenvalue weighted by Crippen LogP contribution is -2.25. The van der Waals surface area contributed by atoms with Gasteiger partial charge in [-0.15, -0.1) is 0 Å². The molecule has 0 amide bonds. The molecular weight excluding hydrogens is 232 g/mol. The highest BCUT2D eigenvalue weighted by atomic mass is 16.1. The SMILES string of the molecule is CC1(C)CCCC1C(=O)c1ccc2ccccc2c1. The summed E-state index contributed by atoms with van der Waals surface area (Å²) in [5.41, 5.74) is 1.03. The zero-order chi connectivity index (χ0) is 13.5. The summed E-state index contributed by atoms with van der Waals surface area (Å²) >= 11 is 0. The number of Topliss-reactive ketones (excluding diaryl/α,β-unsaturated/α-hetero) is 1. The van der Waals surface area contributed by atoms with Crippen LogP contribution in [0.25, 0.3) is 10.8 Å². The van der Waals surface area contributed by atoms with Crippen molar-refractivity contribution < 1.29 is 4.79 Å². The summed E-state index contributed by atoms with van der Waals surface area (Å²) in [5.74, 6) is 0.516. The van der Waals surface area contributed by atoms with Crippen molar-refractivity contribution in [3.05, 3.63) is 48.0 Å². The molecule has 2 aromatic rings. The molecule has 0 aliphatic heterocycles. The molecule has 0 saturated heterocycles. The fourth-order valence-corrected chi connectivity index (χ4v) is 3.36. The van der Waals surface area contributed by atoms with Crippen LogP contribution >= 0.6 is 0 Å². The smallest absolute Gasteiger partial charge is 0.166 e. The zero-order valence-electron chi connectivity index (χ0n) is 11.6. The molecule has 0 aromatic heterocycles. The highest BCUT2D eigenvalue weighted by Gasteiger charge is 2.39. The number of fused-ring (bicyclic) bond motifs is 1. The Morgan fingerprint density at radius 3 is 2.53 bits per heavy atom. The van der Waals surface area contributed by atoms with Crippen molar-refractivity contribution in [3.63, 3.8) is 0 Å². The molecule has 1 atom stereocenters. The quantitative estimate of drug-likeness (QED) is 0.698. The van der Waals surface area contributed by atoms with Crippen LogP contribution in [0.4, 0.5) is 0 Å². The third-order valence-corrected chi connectivity index (χ3v) is 4.61. The van der Waals surface area contributed by atoms with Gasteiger partial charge in [0.2, 0.25) is 0 Å². The third kappa shape index (κ3) is 2.18. The molecule has 19 heavy (non-hydrogen) atoms. The van der Waals surface area contributed by atoms with Gasteiger partial charge in [0.1, 0.15) is 0 Å². The number of hydrogen-bond donors (Lipinski definition) is 0. The Kier molecular flexibility index (Phi) is 2.93. The molecule has 0 N–H and O–H groups in total. The monoisotopic (exact) mass is 252 g/mol. The number of hydrogen-bond acceptors (Lipinski definition) is 1. The van der Waals surface area contributed by atoms with Gasteiger partial charge in [-0.25, -0.2) is 0 Å². The second-order valence-corrected chi connectivity index (χ2v) is 6.36. The average Bonchev–Trinajstić information content (AvgIpc) is 2.77. The highest BCUT2D eigenvalue weighted by Crippen LogP contribution is 2.44. The molecule has 0 spiro atoms. The molecule has 1 unspecified atom stereocenters. The van der Waals surface area contributed by atoms with Crippen LogP contribution in [0.5, 0.6) is 0 Å². The summed E-state index contributed by atoms with van der Waals surface area (Å²) in [6.07, 6.45) is 3.38. The van der Waals surface area contributed by atoms with Crippen LogP contribution in [0.3, 0.4) is 0 Å². The molecule has 1 saturated carbocycles. The normalized spacial score (nSPS) is 21.7. The number of carbonyl (C=O) groups excluding carboxylic acids is 1. The van der Waals surface area contributed by atoms with Crippen LogP contribution in [-0.2, 0) is 0 Å². The molecular formula is C18H20O. The zero-order valence-corrected chi connectivity index (χ0v) is 11.6. The fraction of sp³-hybridized carbons (Fsp3) is 0.389. The lowest BCUT2D eigenvalue weighted by atomic mass is 9.77. The molecule has 1 fully saturated rings. The van der Waals surface area contributed by atoms with Crippen LogP contribution in [-0.4, -0.2) is 5.78 Å². The van der Waals surface area contributed by atoms with Gasteiger partial charge in [-0.3, -0.25) is 4.79 Å². The number of rotatable bonds is 2. The van der Waals surface area contributed by atoms with E-state index in [1.54, 1.807) is 0 Å². The molecule has 1 nitrogen and oxygen atoms in total. The number of carbonyl (C=O) groups is 1. The lowest BCUT2D eigenvalue weighted by molar-refractivity contribution is 0.0839. The van der Waals surface area contributed by atoms with Gasteiger partial charge in [-0.1, -0.05) is 56.7 Å². The van der Waals surface area contributed by atoms with Gasteiger partial charge in [0.05, 0.1) is 0 Å². The Bertz CT molecular complexity index is 624. The molecule has 0 heterocycles. The Morgan fingerprint density at radius 2 is 1.84 bits per heavy atom. The van der Waals surface area contributed by atoms with Gasteiger partial charge in [0, 0.05) is 11.5 Å². The molecule has 1 heteroatoms. The van der Waals surface area contributed by atoms with Crippen LogP contribution in [0, 0.1) is 11.3 Å². The van der Waals surface area contributed by atoms with E-state index >= 15 is 0 Å². The van der Waals surface area contributed by atoms with Gasteiger partial charge < -0.3 is 0 Å². The van der Waals surface area contributed by atoms with Gasteiger partial charge in [-0.2, -0.15) is 0 Å². The van der Waals surface area contributed by atoms with Crippen molar-refractivity contribution in [1.82, 2.24) is 0 Å². The van der Waals surface area contributed by atoms with Gasteiger partial charge in [0.15, 0.2) is 5.78 Å². The average molecular weight is 252 g/mol. The summed E-state index contributed by atoms with van der Waals surface area (Å²) in [6, 6.07) is 14.3. The maximum absolute atomic E-state index is 12.7. The van der Waals surface area contributed by atoms with E-state index in [0.29, 0.717) is 5.78 Å². The lowest BCUT2D eigenvalue weighted by Gasteiger charge is -2.25. The van der Waals surface area contributed by atoms with Crippen molar-refractivity contribution in [2.75, 3.05) is 0 Å². The molecule has 1 aliphatic carbocycles. The van der Waals surface area contributed by atoms with Crippen LogP contribution in [0.2, 0.25) is 0 Å². The van der Waals surface area contributed by atoms with Crippen molar-refractivity contribution in [1.29, 1.82) is 0 Å². The molecule has 0 radical (unpaired) electrons. The molecule has 0 bridgehead atoms. The predicted molar refractivity (Wildman–Crippen MR) is 79.4 cm³/mol. The molecule has 3 rings (SSSR count). The van der Waals surface area contributed by atoms with E-state index in [9.17, 15) is 4.79 Å². The third-order valence-electron chi connectivity index (χ3n) is 4.61. The summed E-state index contributed by atoms with van der Waals surface area (Å²) < 4.78 is 0. The first-order chi connectivity index (χ1) is 9.08. The predicted octanol–water partition coefficient (Wildman–Crippen LogP) is 4.85. The van der Waals surface area contributed by atoms with E-state index in [1.165, 1.54) is 11.8 Å². The summed E-state index contributed by atoms with van der Waals surface area (Å²) in [6.45, 7) is 4.45. The van der Waals surface area contributed by atoms with Gasteiger partial charge >= 0.3 is 0 Å². The first kappa shape index (κ1) is 12.4. The second-order valence-electron chi connectivity index (χ2n) is 6.36. The van der Waals surface area contributed by atoms with E-state index in [0.717, 1.165) is 23.8 Å². The second kappa shape index (κ2) is 4.48. The van der Waals surface area contributed by atoms with Crippen molar-refractivity contribution in [2.45, 2.75) is 33.1 Å². The summed E-state index contributed by atoms with van der Waals surface area (Å²) in [4.78, 5) is 12.7. The Hall–Kier alpha value is -1.63. The Balaban J connectivity index is 1.98. The molecule has 1 aliphatic rings. The molecule has 2 aromatic carbocycles. The highest BCUT2D eigenvalue weighted by molar-refractivity contribution is 6.01. The largest absolute Gasteiger partial charge is 0.294 e. The van der Waals surface area contributed by atoms with E-state index in [1.807, 2.05) is 24.3 Å². The minimum absolute atomic E-state index is 0.155. The summed E-state index contributed by atoms with van der Waals surface area (Å²) in [5, 5.41) is 2.36. The van der Waals surface area contributed by atoms with E-state index in [2.05, 4.69) is 32.0 Å². The fourth-order valence-electron chi connectivity index (χ4n) is 3.36. The van der Waals surface area contributed by atoms with Crippen molar-refractivity contribution in [2.24, 2.45) is 11.3 Å². The minimum atomic E-state index is 0.155. The van der Waals surface area contributed by atoms with Gasteiger partial charge in [-0.05, 0) is 35.1 Å².